The molecule has 2 amide bonds. The quantitative estimate of drug-likeness (QED) is 0.797. The molecule has 1 saturated heterocycles. The number of nitrogens with one attached hydrogen (secondary N) is 1. The summed E-state index contributed by atoms with van der Waals surface area (Å²) in [6.45, 7) is 1.77. The fourth-order valence-electron chi connectivity index (χ4n) is 3.00. The predicted octanol–water partition coefficient (Wildman–Crippen LogP) is 1.12. The average Bonchev–Trinajstić information content (AvgIpc) is 2.50. The van der Waals surface area contributed by atoms with Crippen LogP contribution in [0.5, 0.6) is 0 Å². The van der Waals surface area contributed by atoms with Crippen LogP contribution >= 0.6 is 11.8 Å². The van der Waals surface area contributed by atoms with Gasteiger partial charge < -0.3 is 16.0 Å². The first-order valence-electron chi connectivity index (χ1n) is 8.05. The van der Waals surface area contributed by atoms with E-state index in [9.17, 15) is 9.59 Å². The molecule has 0 atom stereocenters. The highest BCUT2D eigenvalue weighted by Crippen LogP contribution is 2.17. The van der Waals surface area contributed by atoms with Gasteiger partial charge in [0.2, 0.25) is 11.8 Å². The largest absolute Gasteiger partial charge is 0.353 e. The van der Waals surface area contributed by atoms with E-state index in [-0.39, 0.29) is 17.9 Å². The lowest BCUT2D eigenvalue weighted by molar-refractivity contribution is -0.129. The zero-order valence-electron chi connectivity index (χ0n) is 12.7. The number of nitrogens with zero attached hydrogens (tertiary/aromatic N) is 1. The lowest BCUT2D eigenvalue weighted by Gasteiger charge is -2.27. The maximum atomic E-state index is 12.0. The number of likely N-dealkylation sites (tertiary alicyclic amines) is 1. The van der Waals surface area contributed by atoms with Crippen molar-refractivity contribution in [3.05, 3.63) is 0 Å². The van der Waals surface area contributed by atoms with Gasteiger partial charge in [-0.1, -0.05) is 0 Å². The number of hydrogen-bond acceptors (Lipinski definition) is 4. The summed E-state index contributed by atoms with van der Waals surface area (Å²) in [6, 6.07) is 0.574. The van der Waals surface area contributed by atoms with E-state index in [1.54, 1.807) is 0 Å². The Morgan fingerprint density at radius 1 is 1.05 bits per heavy atom. The summed E-state index contributed by atoms with van der Waals surface area (Å²) in [7, 11) is 0. The Labute approximate surface area is 131 Å². The highest BCUT2D eigenvalue weighted by Gasteiger charge is 2.20. The van der Waals surface area contributed by atoms with Crippen LogP contribution in [0.4, 0.5) is 0 Å². The molecule has 2 fully saturated rings. The monoisotopic (exact) mass is 313 g/mol. The van der Waals surface area contributed by atoms with Gasteiger partial charge in [-0.2, -0.15) is 0 Å². The first-order chi connectivity index (χ1) is 10.1. The molecule has 0 aromatic carbocycles. The van der Waals surface area contributed by atoms with Crippen LogP contribution in [0, 0.1) is 0 Å². The normalized spacial score (nSPS) is 26.4. The van der Waals surface area contributed by atoms with Gasteiger partial charge >= 0.3 is 0 Å². The van der Waals surface area contributed by atoms with Gasteiger partial charge in [-0.3, -0.25) is 9.59 Å². The van der Waals surface area contributed by atoms with Crippen LogP contribution in [0.25, 0.3) is 0 Å². The second kappa shape index (κ2) is 8.63. The number of rotatable bonds is 5. The van der Waals surface area contributed by atoms with Crippen LogP contribution in [0.15, 0.2) is 0 Å². The maximum Gasteiger partial charge on any atom is 0.232 e. The Hall–Kier alpha value is -0.750. The summed E-state index contributed by atoms with van der Waals surface area (Å²) in [6.07, 6.45) is 7.39. The van der Waals surface area contributed by atoms with E-state index in [0.29, 0.717) is 17.5 Å². The minimum atomic E-state index is 0.0481. The maximum absolute atomic E-state index is 12.0. The van der Waals surface area contributed by atoms with Gasteiger partial charge in [-0.05, 0) is 44.9 Å². The minimum absolute atomic E-state index is 0.0481. The minimum Gasteiger partial charge on any atom is -0.353 e. The van der Waals surface area contributed by atoms with Crippen LogP contribution in [0.2, 0.25) is 0 Å². The number of carbonyl (C=O) groups is 2. The summed E-state index contributed by atoms with van der Waals surface area (Å²) < 4.78 is 0. The SMILES string of the molecule is NC1CCC(NC(=O)CSCC(=O)N2CCCCC2)CC1. The van der Waals surface area contributed by atoms with Crippen molar-refractivity contribution in [2.75, 3.05) is 24.6 Å². The zero-order chi connectivity index (χ0) is 15.1. The van der Waals surface area contributed by atoms with E-state index in [2.05, 4.69) is 5.32 Å². The summed E-state index contributed by atoms with van der Waals surface area (Å²) in [5.41, 5.74) is 5.85. The highest BCUT2D eigenvalue weighted by atomic mass is 32.2. The molecule has 2 rings (SSSR count). The summed E-state index contributed by atoms with van der Waals surface area (Å²) in [5.74, 6) is 1.02. The van der Waals surface area contributed by atoms with Crippen LogP contribution < -0.4 is 11.1 Å². The van der Waals surface area contributed by atoms with Crippen LogP contribution in [-0.2, 0) is 9.59 Å². The molecule has 120 valence electrons. The third-order valence-corrected chi connectivity index (χ3v) is 5.22. The molecule has 0 bridgehead atoms. The van der Waals surface area contributed by atoms with Gasteiger partial charge in [0, 0.05) is 25.2 Å². The fourth-order valence-corrected chi connectivity index (χ4v) is 3.73. The lowest BCUT2D eigenvalue weighted by Crippen LogP contribution is -2.41. The van der Waals surface area contributed by atoms with Crippen molar-refractivity contribution >= 4 is 23.6 Å². The number of amides is 2. The Balaban J connectivity index is 1.57. The molecule has 0 radical (unpaired) electrons. The molecular weight excluding hydrogens is 286 g/mol. The van der Waals surface area contributed by atoms with Crippen LogP contribution in [0.1, 0.15) is 44.9 Å². The van der Waals surface area contributed by atoms with E-state index >= 15 is 0 Å². The van der Waals surface area contributed by atoms with Gasteiger partial charge in [0.05, 0.1) is 11.5 Å². The van der Waals surface area contributed by atoms with Gasteiger partial charge in [0.1, 0.15) is 0 Å². The number of nitrogens with two attached hydrogens (primary N) is 1. The molecule has 0 aromatic heterocycles. The van der Waals surface area contributed by atoms with Crippen molar-refractivity contribution < 1.29 is 9.59 Å². The molecule has 3 N–H and O–H groups in total. The van der Waals surface area contributed by atoms with E-state index in [0.717, 1.165) is 51.6 Å². The summed E-state index contributed by atoms with van der Waals surface area (Å²) in [5, 5.41) is 3.05. The van der Waals surface area contributed by atoms with Crippen molar-refractivity contribution in [3.63, 3.8) is 0 Å². The number of carbonyl (C=O) groups excluding carboxylic acids is 2. The molecule has 5 nitrogen and oxygen atoms in total. The van der Waals surface area contributed by atoms with E-state index in [4.69, 9.17) is 5.73 Å². The molecule has 0 aromatic rings. The smallest absolute Gasteiger partial charge is 0.232 e. The van der Waals surface area contributed by atoms with E-state index in [1.165, 1.54) is 18.2 Å². The Morgan fingerprint density at radius 2 is 1.71 bits per heavy atom. The Morgan fingerprint density at radius 3 is 2.38 bits per heavy atom. The summed E-state index contributed by atoms with van der Waals surface area (Å²) in [4.78, 5) is 25.8. The van der Waals surface area contributed by atoms with Crippen LogP contribution in [-0.4, -0.2) is 53.4 Å². The molecule has 21 heavy (non-hydrogen) atoms. The first kappa shape index (κ1) is 16.6. The molecule has 1 heterocycles. The molecule has 0 spiro atoms. The number of piperidine rings is 1. The third kappa shape index (κ3) is 5.87. The van der Waals surface area contributed by atoms with Crippen molar-refractivity contribution in [1.29, 1.82) is 0 Å². The number of hydrogen-bond donors (Lipinski definition) is 2. The van der Waals surface area contributed by atoms with Crippen molar-refractivity contribution in [3.8, 4) is 0 Å². The van der Waals surface area contributed by atoms with Crippen molar-refractivity contribution in [1.82, 2.24) is 10.2 Å². The van der Waals surface area contributed by atoms with Gasteiger partial charge in [0.25, 0.3) is 0 Å². The molecule has 1 aliphatic carbocycles. The molecule has 6 heteroatoms. The zero-order valence-corrected chi connectivity index (χ0v) is 13.5. The third-order valence-electron chi connectivity index (χ3n) is 4.30. The Kier molecular flexibility index (Phi) is 6.83. The highest BCUT2D eigenvalue weighted by molar-refractivity contribution is 8.00. The van der Waals surface area contributed by atoms with E-state index < -0.39 is 0 Å². The van der Waals surface area contributed by atoms with Gasteiger partial charge in [0.15, 0.2) is 0 Å². The van der Waals surface area contributed by atoms with Crippen molar-refractivity contribution in [2.45, 2.75) is 57.0 Å². The van der Waals surface area contributed by atoms with Crippen molar-refractivity contribution in [2.24, 2.45) is 5.73 Å². The fraction of sp³-hybridized carbons (Fsp3) is 0.867. The molecule has 1 saturated carbocycles. The van der Waals surface area contributed by atoms with Gasteiger partial charge in [-0.15, -0.1) is 11.8 Å². The van der Waals surface area contributed by atoms with Gasteiger partial charge in [-0.25, -0.2) is 0 Å². The number of thioether (sulfide) groups is 1. The standard InChI is InChI=1S/C15H27N3O2S/c16-12-4-6-13(7-5-12)17-14(19)10-21-11-15(20)18-8-2-1-3-9-18/h12-13H,1-11,16H2,(H,17,19). The molecule has 0 unspecified atom stereocenters. The molecular formula is C15H27N3O2S. The summed E-state index contributed by atoms with van der Waals surface area (Å²) >= 11 is 1.42. The van der Waals surface area contributed by atoms with E-state index in [1.807, 2.05) is 4.90 Å². The van der Waals surface area contributed by atoms with Crippen LogP contribution in [0.3, 0.4) is 0 Å². The second-order valence-electron chi connectivity index (χ2n) is 6.11. The average molecular weight is 313 g/mol. The molecule has 2 aliphatic rings. The molecule has 1 aliphatic heterocycles. The predicted molar refractivity (Wildman–Crippen MR) is 86.1 cm³/mol. The lowest BCUT2D eigenvalue weighted by atomic mass is 9.92. The first-order valence-corrected chi connectivity index (χ1v) is 9.21. The topological polar surface area (TPSA) is 75.4 Å². The Bertz CT molecular complexity index is 351. The second-order valence-corrected chi connectivity index (χ2v) is 7.10.